The van der Waals surface area contributed by atoms with Crippen LogP contribution in [-0.2, 0) is 19.0 Å². The molecule has 0 aliphatic heterocycles. The molecule has 0 atom stereocenters. The van der Waals surface area contributed by atoms with Gasteiger partial charge in [-0.25, -0.2) is 0 Å². The SMILES string of the molecule is CCOCC(=O)COCCOC. The molecule has 0 aromatic carbocycles. The largest absolute Gasteiger partial charge is 0.382 e. The van der Waals surface area contributed by atoms with Gasteiger partial charge in [-0.1, -0.05) is 0 Å². The first-order valence-electron chi connectivity index (χ1n) is 3.97. The molecule has 0 spiro atoms. The van der Waals surface area contributed by atoms with Crippen LogP contribution in [0.25, 0.3) is 0 Å². The summed E-state index contributed by atoms with van der Waals surface area (Å²) in [6.45, 7) is 3.63. The van der Waals surface area contributed by atoms with Crippen LogP contribution in [0.1, 0.15) is 6.92 Å². The number of rotatable bonds is 8. The van der Waals surface area contributed by atoms with Crippen LogP contribution in [0.2, 0.25) is 0 Å². The van der Waals surface area contributed by atoms with Gasteiger partial charge in [-0.05, 0) is 6.92 Å². The van der Waals surface area contributed by atoms with Crippen molar-refractivity contribution in [2.45, 2.75) is 6.92 Å². The average Bonchev–Trinajstić information content (AvgIpc) is 2.09. The van der Waals surface area contributed by atoms with E-state index in [1.165, 1.54) is 0 Å². The Morgan fingerprint density at radius 3 is 2.42 bits per heavy atom. The summed E-state index contributed by atoms with van der Waals surface area (Å²) in [6, 6.07) is 0. The molecule has 0 amide bonds. The van der Waals surface area contributed by atoms with Gasteiger partial charge in [0.2, 0.25) is 0 Å². The lowest BCUT2D eigenvalue weighted by Gasteiger charge is -2.02. The van der Waals surface area contributed by atoms with Crippen LogP contribution in [-0.4, -0.2) is 45.9 Å². The smallest absolute Gasteiger partial charge is 0.183 e. The van der Waals surface area contributed by atoms with Crippen LogP contribution >= 0.6 is 0 Å². The van der Waals surface area contributed by atoms with Gasteiger partial charge < -0.3 is 14.2 Å². The molecule has 0 saturated heterocycles. The highest BCUT2D eigenvalue weighted by Gasteiger charge is 2.00. The standard InChI is InChI=1S/C8H16O4/c1-3-11-6-8(9)7-12-5-4-10-2/h3-7H2,1-2H3. The second-order valence-corrected chi connectivity index (χ2v) is 2.22. The quantitative estimate of drug-likeness (QED) is 0.497. The third kappa shape index (κ3) is 7.65. The Labute approximate surface area is 72.8 Å². The molecule has 0 aliphatic carbocycles. The van der Waals surface area contributed by atoms with Gasteiger partial charge in [-0.2, -0.15) is 0 Å². The minimum absolute atomic E-state index is 0.0343. The lowest BCUT2D eigenvalue weighted by molar-refractivity contribution is -0.128. The topological polar surface area (TPSA) is 44.8 Å². The Balaban J connectivity index is 3.08. The van der Waals surface area contributed by atoms with E-state index in [1.54, 1.807) is 7.11 Å². The lowest BCUT2D eigenvalue weighted by Crippen LogP contribution is -2.16. The molecule has 0 fully saturated rings. The van der Waals surface area contributed by atoms with Crippen LogP contribution in [0, 0.1) is 0 Å². The van der Waals surface area contributed by atoms with Crippen LogP contribution in [0.15, 0.2) is 0 Å². The van der Waals surface area contributed by atoms with Gasteiger partial charge >= 0.3 is 0 Å². The molecule has 0 aliphatic rings. The van der Waals surface area contributed by atoms with Crippen molar-refractivity contribution < 1.29 is 19.0 Å². The Kier molecular flexibility index (Phi) is 8.32. The van der Waals surface area contributed by atoms with Crippen LogP contribution < -0.4 is 0 Å². The van der Waals surface area contributed by atoms with Crippen LogP contribution in [0.5, 0.6) is 0 Å². The molecular weight excluding hydrogens is 160 g/mol. The zero-order valence-corrected chi connectivity index (χ0v) is 7.67. The van der Waals surface area contributed by atoms with E-state index in [0.717, 1.165) is 0 Å². The third-order valence-electron chi connectivity index (χ3n) is 1.16. The van der Waals surface area contributed by atoms with E-state index in [1.807, 2.05) is 6.92 Å². The fourth-order valence-electron chi connectivity index (χ4n) is 0.586. The maximum absolute atomic E-state index is 10.9. The van der Waals surface area contributed by atoms with Crippen molar-refractivity contribution in [1.29, 1.82) is 0 Å². The summed E-state index contributed by atoms with van der Waals surface area (Å²) in [6.07, 6.45) is 0. The first-order valence-corrected chi connectivity index (χ1v) is 3.97. The van der Waals surface area contributed by atoms with E-state index in [4.69, 9.17) is 14.2 Å². The maximum Gasteiger partial charge on any atom is 0.183 e. The van der Waals surface area contributed by atoms with E-state index < -0.39 is 0 Å². The predicted molar refractivity (Wildman–Crippen MR) is 44.2 cm³/mol. The van der Waals surface area contributed by atoms with Gasteiger partial charge in [-0.3, -0.25) is 4.79 Å². The fraction of sp³-hybridized carbons (Fsp3) is 0.875. The molecule has 0 bridgehead atoms. The van der Waals surface area contributed by atoms with Crippen molar-refractivity contribution in [1.82, 2.24) is 0 Å². The number of carbonyl (C=O) groups excluding carboxylic acids is 1. The van der Waals surface area contributed by atoms with Crippen molar-refractivity contribution in [2.75, 3.05) is 40.1 Å². The number of hydrogen-bond donors (Lipinski definition) is 0. The number of carbonyl (C=O) groups is 1. The molecule has 0 rings (SSSR count). The zero-order valence-electron chi connectivity index (χ0n) is 7.67. The van der Waals surface area contributed by atoms with Gasteiger partial charge in [0.1, 0.15) is 13.2 Å². The van der Waals surface area contributed by atoms with Crippen molar-refractivity contribution in [3.63, 3.8) is 0 Å². The van der Waals surface area contributed by atoms with Gasteiger partial charge in [-0.15, -0.1) is 0 Å². The first-order chi connectivity index (χ1) is 5.81. The van der Waals surface area contributed by atoms with Crippen molar-refractivity contribution in [3.8, 4) is 0 Å². The summed E-state index contributed by atoms with van der Waals surface area (Å²) < 4.78 is 14.6. The van der Waals surface area contributed by atoms with E-state index >= 15 is 0 Å². The summed E-state index contributed by atoms with van der Waals surface area (Å²) in [7, 11) is 1.59. The molecule has 0 saturated carbocycles. The zero-order chi connectivity index (χ0) is 9.23. The molecule has 0 heterocycles. The van der Waals surface area contributed by atoms with E-state index in [-0.39, 0.29) is 19.0 Å². The fourth-order valence-corrected chi connectivity index (χ4v) is 0.586. The monoisotopic (exact) mass is 176 g/mol. The number of ether oxygens (including phenoxy) is 3. The normalized spacial score (nSPS) is 10.2. The highest BCUT2D eigenvalue weighted by molar-refractivity contribution is 5.80. The number of methoxy groups -OCH3 is 1. The molecule has 0 N–H and O–H groups in total. The minimum Gasteiger partial charge on any atom is -0.382 e. The Morgan fingerprint density at radius 2 is 1.83 bits per heavy atom. The summed E-state index contributed by atoms with van der Waals surface area (Å²) in [5.74, 6) is -0.0343. The molecule has 0 aromatic rings. The third-order valence-corrected chi connectivity index (χ3v) is 1.16. The molecule has 0 aromatic heterocycles. The number of hydrogen-bond acceptors (Lipinski definition) is 4. The van der Waals surface area contributed by atoms with Gasteiger partial charge in [0, 0.05) is 13.7 Å². The highest BCUT2D eigenvalue weighted by atomic mass is 16.5. The summed E-state index contributed by atoms with van der Waals surface area (Å²) in [5.41, 5.74) is 0. The predicted octanol–water partition coefficient (Wildman–Crippen LogP) is 0.255. The number of Topliss-reactive ketones (excluding diaryl/α,β-unsaturated/α-hetero) is 1. The number of ketones is 1. The lowest BCUT2D eigenvalue weighted by atomic mass is 10.4. The van der Waals surface area contributed by atoms with Crippen LogP contribution in [0.4, 0.5) is 0 Å². The van der Waals surface area contributed by atoms with Crippen LogP contribution in [0.3, 0.4) is 0 Å². The summed E-state index contributed by atoms with van der Waals surface area (Å²) in [5, 5.41) is 0. The minimum atomic E-state index is -0.0343. The molecular formula is C8H16O4. The molecule has 4 heteroatoms. The molecule has 4 nitrogen and oxygen atoms in total. The highest BCUT2D eigenvalue weighted by Crippen LogP contribution is 1.81. The summed E-state index contributed by atoms with van der Waals surface area (Å²) in [4.78, 5) is 10.9. The molecule has 0 unspecified atom stereocenters. The second kappa shape index (κ2) is 8.64. The maximum atomic E-state index is 10.9. The van der Waals surface area contributed by atoms with Gasteiger partial charge in [0.15, 0.2) is 5.78 Å². The van der Waals surface area contributed by atoms with E-state index in [0.29, 0.717) is 19.8 Å². The van der Waals surface area contributed by atoms with Crippen molar-refractivity contribution in [2.24, 2.45) is 0 Å². The van der Waals surface area contributed by atoms with E-state index in [9.17, 15) is 4.79 Å². The second-order valence-electron chi connectivity index (χ2n) is 2.22. The van der Waals surface area contributed by atoms with E-state index in [2.05, 4.69) is 0 Å². The Morgan fingerprint density at radius 1 is 1.17 bits per heavy atom. The average molecular weight is 176 g/mol. The van der Waals surface area contributed by atoms with Gasteiger partial charge in [0.25, 0.3) is 0 Å². The van der Waals surface area contributed by atoms with Crippen molar-refractivity contribution >= 4 is 5.78 Å². The Bertz CT molecular complexity index is 114. The molecule has 72 valence electrons. The Hall–Kier alpha value is -0.450. The van der Waals surface area contributed by atoms with Crippen molar-refractivity contribution in [3.05, 3.63) is 0 Å². The summed E-state index contributed by atoms with van der Waals surface area (Å²) >= 11 is 0. The van der Waals surface area contributed by atoms with Gasteiger partial charge in [0.05, 0.1) is 13.2 Å². The first kappa shape index (κ1) is 11.6. The molecule has 0 radical (unpaired) electrons. The molecule has 12 heavy (non-hydrogen) atoms.